The summed E-state index contributed by atoms with van der Waals surface area (Å²) in [5, 5.41) is 0.641. The Labute approximate surface area is 94.4 Å². The minimum atomic E-state index is -1.25. The molecule has 1 nitrogen and oxygen atoms in total. The summed E-state index contributed by atoms with van der Waals surface area (Å²) in [5.74, 6) is 0. The van der Waals surface area contributed by atoms with E-state index in [2.05, 4.69) is 0 Å². The van der Waals surface area contributed by atoms with Crippen molar-refractivity contribution in [2.75, 3.05) is 0 Å². The van der Waals surface area contributed by atoms with E-state index in [-0.39, 0.29) is 6.04 Å². The second-order valence-electron chi connectivity index (χ2n) is 4.33. The van der Waals surface area contributed by atoms with Crippen LogP contribution in [0, 0.1) is 0 Å². The molecule has 0 saturated heterocycles. The smallest absolute Gasteiger partial charge is 0.137 e. The molecular weight excluding hydrogens is 213 g/mol. The van der Waals surface area contributed by atoms with Gasteiger partial charge in [-0.15, -0.1) is 0 Å². The van der Waals surface area contributed by atoms with Crippen molar-refractivity contribution in [2.45, 2.75) is 37.4 Å². The van der Waals surface area contributed by atoms with Gasteiger partial charge < -0.3 is 5.73 Å². The summed E-state index contributed by atoms with van der Waals surface area (Å²) in [5.41, 5.74) is 5.27. The van der Waals surface area contributed by atoms with Crippen LogP contribution < -0.4 is 5.73 Å². The minimum absolute atomic E-state index is 0.0144. The molecule has 1 aliphatic carbocycles. The molecule has 15 heavy (non-hydrogen) atoms. The van der Waals surface area contributed by atoms with Gasteiger partial charge >= 0.3 is 0 Å². The molecule has 0 amide bonds. The number of hydrogen-bond acceptors (Lipinski definition) is 1. The number of halogens is 2. The molecule has 1 saturated carbocycles. The van der Waals surface area contributed by atoms with Gasteiger partial charge in [0.15, 0.2) is 0 Å². The Morgan fingerprint density at radius 3 is 2.60 bits per heavy atom. The van der Waals surface area contributed by atoms with E-state index in [1.165, 1.54) is 0 Å². The van der Waals surface area contributed by atoms with Crippen LogP contribution in [-0.2, 0) is 5.67 Å². The fourth-order valence-electron chi connectivity index (χ4n) is 2.27. The average Bonchev–Trinajstić information content (AvgIpc) is 2.18. The topological polar surface area (TPSA) is 26.0 Å². The lowest BCUT2D eigenvalue weighted by molar-refractivity contribution is 0.0948. The summed E-state index contributed by atoms with van der Waals surface area (Å²) in [6.45, 7) is 0. The number of benzene rings is 1. The van der Waals surface area contributed by atoms with Crippen molar-refractivity contribution >= 4 is 11.6 Å². The molecule has 2 unspecified atom stereocenters. The van der Waals surface area contributed by atoms with Crippen LogP contribution in [0.2, 0.25) is 5.02 Å². The molecule has 2 atom stereocenters. The molecule has 2 rings (SSSR count). The number of alkyl halides is 1. The first-order chi connectivity index (χ1) is 7.10. The monoisotopic (exact) mass is 227 g/mol. The largest absolute Gasteiger partial charge is 0.328 e. The molecule has 0 aromatic heterocycles. The van der Waals surface area contributed by atoms with Gasteiger partial charge in [-0.1, -0.05) is 23.7 Å². The van der Waals surface area contributed by atoms with E-state index in [4.69, 9.17) is 17.3 Å². The Balaban J connectivity index is 2.24. The minimum Gasteiger partial charge on any atom is -0.328 e. The highest BCUT2D eigenvalue weighted by atomic mass is 35.5. The maximum absolute atomic E-state index is 14.6. The summed E-state index contributed by atoms with van der Waals surface area (Å²) in [7, 11) is 0. The van der Waals surface area contributed by atoms with Crippen LogP contribution in [0.25, 0.3) is 0 Å². The van der Waals surface area contributed by atoms with E-state index in [1.807, 2.05) is 0 Å². The third-order valence-corrected chi connectivity index (χ3v) is 3.35. The van der Waals surface area contributed by atoms with Crippen molar-refractivity contribution in [3.8, 4) is 0 Å². The molecule has 3 heteroatoms. The van der Waals surface area contributed by atoms with Gasteiger partial charge in [-0.25, -0.2) is 4.39 Å². The molecular formula is C12H15ClFN. The van der Waals surface area contributed by atoms with Crippen molar-refractivity contribution in [3.63, 3.8) is 0 Å². The summed E-state index contributed by atoms with van der Waals surface area (Å²) in [4.78, 5) is 0. The van der Waals surface area contributed by atoms with E-state index in [9.17, 15) is 4.39 Å². The average molecular weight is 228 g/mol. The summed E-state index contributed by atoms with van der Waals surface area (Å²) < 4.78 is 14.6. The fourth-order valence-corrected chi connectivity index (χ4v) is 2.40. The van der Waals surface area contributed by atoms with Crippen LogP contribution in [0.15, 0.2) is 24.3 Å². The normalized spacial score (nSPS) is 31.5. The van der Waals surface area contributed by atoms with Crippen molar-refractivity contribution in [3.05, 3.63) is 34.9 Å². The van der Waals surface area contributed by atoms with E-state index < -0.39 is 5.67 Å². The first-order valence-corrected chi connectivity index (χ1v) is 5.68. The quantitative estimate of drug-likeness (QED) is 0.782. The standard InChI is InChI=1S/C12H15ClFN/c13-10-5-3-9(4-6-10)12(14)7-1-2-11(15)8-12/h3-6,11H,1-2,7-8,15H2. The zero-order valence-electron chi connectivity index (χ0n) is 8.55. The molecule has 2 N–H and O–H groups in total. The lowest BCUT2D eigenvalue weighted by atomic mass is 9.79. The molecule has 0 heterocycles. The SMILES string of the molecule is NC1CCCC(F)(c2ccc(Cl)cc2)C1. The second-order valence-corrected chi connectivity index (χ2v) is 4.77. The highest BCUT2D eigenvalue weighted by Gasteiger charge is 2.36. The predicted octanol–water partition coefficient (Wildman–Crippen LogP) is 3.41. The molecule has 1 aromatic carbocycles. The van der Waals surface area contributed by atoms with E-state index >= 15 is 0 Å². The lowest BCUT2D eigenvalue weighted by Crippen LogP contribution is -2.36. The molecule has 1 aliphatic rings. The molecule has 1 fully saturated rings. The third kappa shape index (κ3) is 2.32. The molecule has 82 valence electrons. The maximum Gasteiger partial charge on any atom is 0.137 e. The fraction of sp³-hybridized carbons (Fsp3) is 0.500. The van der Waals surface area contributed by atoms with E-state index in [0.29, 0.717) is 23.4 Å². The van der Waals surface area contributed by atoms with Crippen LogP contribution >= 0.6 is 11.6 Å². The summed E-state index contributed by atoms with van der Waals surface area (Å²) in [6, 6.07) is 6.98. The van der Waals surface area contributed by atoms with Crippen LogP contribution in [-0.4, -0.2) is 6.04 Å². The van der Waals surface area contributed by atoms with Crippen LogP contribution in [0.3, 0.4) is 0 Å². The first-order valence-electron chi connectivity index (χ1n) is 5.31. The molecule has 0 radical (unpaired) electrons. The van der Waals surface area contributed by atoms with Gasteiger partial charge in [0, 0.05) is 17.5 Å². The Kier molecular flexibility index (Phi) is 2.98. The molecule has 0 bridgehead atoms. The van der Waals surface area contributed by atoms with Gasteiger partial charge in [0.2, 0.25) is 0 Å². The van der Waals surface area contributed by atoms with Crippen molar-refractivity contribution in [1.29, 1.82) is 0 Å². The van der Waals surface area contributed by atoms with Gasteiger partial charge in [-0.05, 0) is 37.0 Å². The van der Waals surface area contributed by atoms with Gasteiger partial charge in [0.1, 0.15) is 5.67 Å². The summed E-state index contributed by atoms with van der Waals surface area (Å²) >= 11 is 5.78. The predicted molar refractivity (Wildman–Crippen MR) is 60.7 cm³/mol. The van der Waals surface area contributed by atoms with Crippen molar-refractivity contribution < 1.29 is 4.39 Å². The van der Waals surface area contributed by atoms with E-state index in [0.717, 1.165) is 12.8 Å². The Morgan fingerprint density at radius 2 is 2.00 bits per heavy atom. The molecule has 1 aromatic rings. The van der Waals surface area contributed by atoms with Crippen molar-refractivity contribution in [2.24, 2.45) is 5.73 Å². The zero-order chi connectivity index (χ0) is 10.9. The van der Waals surface area contributed by atoms with Crippen LogP contribution in [0.4, 0.5) is 4.39 Å². The highest BCUT2D eigenvalue weighted by Crippen LogP contribution is 2.40. The van der Waals surface area contributed by atoms with Crippen LogP contribution in [0.5, 0.6) is 0 Å². The second kappa shape index (κ2) is 4.11. The van der Waals surface area contributed by atoms with Crippen molar-refractivity contribution in [1.82, 2.24) is 0 Å². The zero-order valence-corrected chi connectivity index (χ0v) is 9.30. The number of rotatable bonds is 1. The van der Waals surface area contributed by atoms with Gasteiger partial charge in [-0.2, -0.15) is 0 Å². The van der Waals surface area contributed by atoms with Gasteiger partial charge in [0.05, 0.1) is 0 Å². The number of nitrogens with two attached hydrogens (primary N) is 1. The van der Waals surface area contributed by atoms with Gasteiger partial charge in [0.25, 0.3) is 0 Å². The Bertz CT molecular complexity index is 338. The number of hydrogen-bond donors (Lipinski definition) is 1. The first kappa shape index (κ1) is 10.9. The molecule has 0 aliphatic heterocycles. The van der Waals surface area contributed by atoms with Gasteiger partial charge in [-0.3, -0.25) is 0 Å². The highest BCUT2D eigenvalue weighted by molar-refractivity contribution is 6.30. The Morgan fingerprint density at radius 1 is 1.33 bits per heavy atom. The van der Waals surface area contributed by atoms with E-state index in [1.54, 1.807) is 24.3 Å². The third-order valence-electron chi connectivity index (χ3n) is 3.10. The maximum atomic E-state index is 14.6. The van der Waals surface area contributed by atoms with Crippen LogP contribution in [0.1, 0.15) is 31.2 Å². The molecule has 0 spiro atoms. The Hall–Kier alpha value is -0.600. The summed E-state index contributed by atoms with van der Waals surface area (Å²) in [6.07, 6.45) is 2.79. The lowest BCUT2D eigenvalue weighted by Gasteiger charge is -2.33.